The summed E-state index contributed by atoms with van der Waals surface area (Å²) in [5.74, 6) is 0.547. The fourth-order valence-corrected chi connectivity index (χ4v) is 1.92. The lowest BCUT2D eigenvalue weighted by molar-refractivity contribution is -0.130. The number of carbonyl (C=O) groups is 1. The zero-order valence-corrected chi connectivity index (χ0v) is 9.41. The lowest BCUT2D eigenvalue weighted by atomic mass is 10.1. The Labute approximate surface area is 94.4 Å². The standard InChI is InChI=1S/C10H17N5O/c1-8-6-14(7-9(8)11)10(16)2-4-15-5-3-12-13-15/h3,5,8-9H,2,4,6-7,11H2,1H3. The molecule has 0 radical (unpaired) electrons. The highest BCUT2D eigenvalue weighted by molar-refractivity contribution is 5.76. The first-order chi connectivity index (χ1) is 7.66. The van der Waals surface area contributed by atoms with Crippen LogP contribution in [0.4, 0.5) is 0 Å². The van der Waals surface area contributed by atoms with Gasteiger partial charge in [-0.25, -0.2) is 0 Å². The van der Waals surface area contributed by atoms with Gasteiger partial charge in [-0.2, -0.15) is 0 Å². The van der Waals surface area contributed by atoms with Crippen LogP contribution in [0.3, 0.4) is 0 Å². The Balaban J connectivity index is 1.80. The van der Waals surface area contributed by atoms with Gasteiger partial charge in [0.25, 0.3) is 0 Å². The van der Waals surface area contributed by atoms with E-state index in [4.69, 9.17) is 5.73 Å². The van der Waals surface area contributed by atoms with Gasteiger partial charge in [-0.1, -0.05) is 12.1 Å². The van der Waals surface area contributed by atoms with E-state index in [-0.39, 0.29) is 11.9 Å². The van der Waals surface area contributed by atoms with Gasteiger partial charge in [0.05, 0.1) is 12.7 Å². The first-order valence-electron chi connectivity index (χ1n) is 5.54. The maximum Gasteiger partial charge on any atom is 0.224 e. The second-order valence-corrected chi connectivity index (χ2v) is 4.36. The molecular formula is C10H17N5O. The van der Waals surface area contributed by atoms with E-state index in [0.717, 1.165) is 6.54 Å². The number of amides is 1. The molecule has 0 aliphatic carbocycles. The van der Waals surface area contributed by atoms with E-state index < -0.39 is 0 Å². The van der Waals surface area contributed by atoms with Gasteiger partial charge in [0.1, 0.15) is 0 Å². The molecule has 0 bridgehead atoms. The topological polar surface area (TPSA) is 77.0 Å². The van der Waals surface area contributed by atoms with Crippen LogP contribution in [0.15, 0.2) is 12.4 Å². The highest BCUT2D eigenvalue weighted by atomic mass is 16.2. The number of hydrogen-bond donors (Lipinski definition) is 1. The van der Waals surface area contributed by atoms with Crippen LogP contribution in [0.2, 0.25) is 0 Å². The molecule has 0 saturated carbocycles. The Morgan fingerprint density at radius 2 is 2.38 bits per heavy atom. The first kappa shape index (κ1) is 11.1. The number of nitrogens with zero attached hydrogens (tertiary/aromatic N) is 4. The molecule has 1 amide bonds. The predicted octanol–water partition coefficient (Wildman–Crippen LogP) is -0.526. The van der Waals surface area contributed by atoms with Crippen molar-refractivity contribution in [2.75, 3.05) is 13.1 Å². The Bertz CT molecular complexity index is 340. The van der Waals surface area contributed by atoms with Crippen molar-refractivity contribution in [3.8, 4) is 0 Å². The molecule has 1 aliphatic heterocycles. The monoisotopic (exact) mass is 223 g/mol. The van der Waals surface area contributed by atoms with Gasteiger partial charge in [-0.3, -0.25) is 9.48 Å². The minimum Gasteiger partial charge on any atom is -0.341 e. The third kappa shape index (κ3) is 2.38. The molecule has 0 aromatic carbocycles. The van der Waals surface area contributed by atoms with Gasteiger partial charge in [-0.15, -0.1) is 5.10 Å². The molecule has 1 saturated heterocycles. The van der Waals surface area contributed by atoms with Crippen LogP contribution < -0.4 is 5.73 Å². The van der Waals surface area contributed by atoms with Gasteiger partial charge in [-0.05, 0) is 5.92 Å². The van der Waals surface area contributed by atoms with E-state index in [1.165, 1.54) is 0 Å². The van der Waals surface area contributed by atoms with Gasteiger partial charge in [0.15, 0.2) is 0 Å². The molecule has 2 rings (SSSR count). The maximum absolute atomic E-state index is 11.8. The van der Waals surface area contributed by atoms with E-state index in [1.807, 2.05) is 4.90 Å². The van der Waals surface area contributed by atoms with E-state index in [9.17, 15) is 4.79 Å². The number of rotatable bonds is 3. The lowest BCUT2D eigenvalue weighted by Crippen LogP contribution is -2.32. The Kier molecular flexibility index (Phi) is 3.19. The summed E-state index contributed by atoms with van der Waals surface area (Å²) in [7, 11) is 0. The molecule has 1 aromatic rings. The Morgan fingerprint density at radius 3 is 2.94 bits per heavy atom. The SMILES string of the molecule is CC1CN(C(=O)CCn2ccnn2)CC1N. The summed E-state index contributed by atoms with van der Waals surface area (Å²) in [6, 6.07) is 0.121. The van der Waals surface area contributed by atoms with Crippen LogP contribution in [0.1, 0.15) is 13.3 Å². The number of aryl methyl sites for hydroxylation is 1. The fraction of sp³-hybridized carbons (Fsp3) is 0.700. The molecule has 1 aromatic heterocycles. The molecule has 2 heterocycles. The van der Waals surface area contributed by atoms with Crippen molar-refractivity contribution in [2.24, 2.45) is 11.7 Å². The number of aromatic nitrogens is 3. The quantitative estimate of drug-likeness (QED) is 0.747. The molecule has 88 valence electrons. The van der Waals surface area contributed by atoms with Crippen LogP contribution in [-0.4, -0.2) is 44.9 Å². The summed E-state index contributed by atoms with van der Waals surface area (Å²) < 4.78 is 1.66. The number of nitrogens with two attached hydrogens (primary N) is 1. The van der Waals surface area contributed by atoms with E-state index in [1.54, 1.807) is 17.1 Å². The summed E-state index contributed by atoms with van der Waals surface area (Å²) in [6.07, 6.45) is 3.83. The molecule has 1 fully saturated rings. The first-order valence-corrected chi connectivity index (χ1v) is 5.54. The van der Waals surface area contributed by atoms with Crippen molar-refractivity contribution in [1.82, 2.24) is 19.9 Å². The summed E-state index contributed by atoms with van der Waals surface area (Å²) >= 11 is 0. The van der Waals surface area contributed by atoms with Crippen LogP contribution in [0.5, 0.6) is 0 Å². The Hall–Kier alpha value is -1.43. The summed E-state index contributed by atoms with van der Waals surface area (Å²) in [6.45, 7) is 4.11. The van der Waals surface area contributed by atoms with Gasteiger partial charge in [0, 0.05) is 31.7 Å². The van der Waals surface area contributed by atoms with Gasteiger partial charge >= 0.3 is 0 Å². The molecule has 0 spiro atoms. The summed E-state index contributed by atoms with van der Waals surface area (Å²) in [5.41, 5.74) is 5.88. The largest absolute Gasteiger partial charge is 0.341 e. The Morgan fingerprint density at radius 1 is 1.56 bits per heavy atom. The molecule has 6 nitrogen and oxygen atoms in total. The van der Waals surface area contributed by atoms with Crippen molar-refractivity contribution in [2.45, 2.75) is 25.9 Å². The molecule has 1 aliphatic rings. The van der Waals surface area contributed by atoms with Crippen LogP contribution in [0, 0.1) is 5.92 Å². The average molecular weight is 223 g/mol. The number of hydrogen-bond acceptors (Lipinski definition) is 4. The van der Waals surface area contributed by atoms with Crippen LogP contribution in [0.25, 0.3) is 0 Å². The smallest absolute Gasteiger partial charge is 0.224 e. The van der Waals surface area contributed by atoms with E-state index in [0.29, 0.717) is 25.4 Å². The second-order valence-electron chi connectivity index (χ2n) is 4.36. The minimum absolute atomic E-state index is 0.121. The zero-order valence-electron chi connectivity index (χ0n) is 9.41. The second kappa shape index (κ2) is 4.61. The third-order valence-electron chi connectivity index (χ3n) is 3.05. The molecule has 2 unspecified atom stereocenters. The van der Waals surface area contributed by atoms with E-state index in [2.05, 4.69) is 17.2 Å². The highest BCUT2D eigenvalue weighted by Gasteiger charge is 2.29. The van der Waals surface area contributed by atoms with Crippen molar-refractivity contribution >= 4 is 5.91 Å². The van der Waals surface area contributed by atoms with Crippen molar-refractivity contribution in [3.63, 3.8) is 0 Å². The zero-order chi connectivity index (χ0) is 11.5. The van der Waals surface area contributed by atoms with Crippen molar-refractivity contribution in [1.29, 1.82) is 0 Å². The molecule has 2 N–H and O–H groups in total. The molecule has 16 heavy (non-hydrogen) atoms. The highest BCUT2D eigenvalue weighted by Crippen LogP contribution is 2.15. The van der Waals surface area contributed by atoms with Crippen molar-refractivity contribution < 1.29 is 4.79 Å². The average Bonchev–Trinajstić information content (AvgIpc) is 2.86. The number of likely N-dealkylation sites (tertiary alicyclic amines) is 1. The van der Waals surface area contributed by atoms with Gasteiger partial charge in [0.2, 0.25) is 5.91 Å². The van der Waals surface area contributed by atoms with Crippen LogP contribution in [-0.2, 0) is 11.3 Å². The third-order valence-corrected chi connectivity index (χ3v) is 3.05. The van der Waals surface area contributed by atoms with Crippen molar-refractivity contribution in [3.05, 3.63) is 12.4 Å². The molecular weight excluding hydrogens is 206 g/mol. The van der Waals surface area contributed by atoms with Gasteiger partial charge < -0.3 is 10.6 Å². The number of carbonyl (C=O) groups excluding carboxylic acids is 1. The summed E-state index contributed by atoms with van der Waals surface area (Å²) in [4.78, 5) is 13.7. The summed E-state index contributed by atoms with van der Waals surface area (Å²) in [5, 5.41) is 7.51. The predicted molar refractivity (Wildman–Crippen MR) is 58.4 cm³/mol. The fourth-order valence-electron chi connectivity index (χ4n) is 1.92. The van der Waals surface area contributed by atoms with E-state index >= 15 is 0 Å². The normalized spacial score (nSPS) is 25.0. The molecule has 2 atom stereocenters. The van der Waals surface area contributed by atoms with Crippen LogP contribution >= 0.6 is 0 Å². The lowest BCUT2D eigenvalue weighted by Gasteiger charge is -2.15. The minimum atomic E-state index is 0.121. The molecule has 6 heteroatoms. The maximum atomic E-state index is 11.8.